The zero-order chi connectivity index (χ0) is 18.6. The van der Waals surface area contributed by atoms with Crippen LogP contribution in [-0.2, 0) is 17.8 Å². The molecule has 7 heteroatoms. The second kappa shape index (κ2) is 7.59. The van der Waals surface area contributed by atoms with Crippen LogP contribution in [-0.4, -0.2) is 28.2 Å². The molecule has 0 fully saturated rings. The summed E-state index contributed by atoms with van der Waals surface area (Å²) in [6, 6.07) is 13.0. The standard InChI is InChI=1S/C20H17N3O3S/c24-18(9-8-14-5-2-1-3-6-14)23-11-10-15-17(13-23)27-20(21-15)22-19(25)16-7-4-12-26-16/h1-9,12H,10-11,13H2,(H,21,22,25)/b9-8+. The molecule has 3 heterocycles. The molecule has 0 spiro atoms. The lowest BCUT2D eigenvalue weighted by atomic mass is 10.1. The molecule has 0 atom stereocenters. The second-order valence-electron chi connectivity index (χ2n) is 6.07. The molecule has 0 aliphatic carbocycles. The van der Waals surface area contributed by atoms with Gasteiger partial charge in [0.25, 0.3) is 5.91 Å². The summed E-state index contributed by atoms with van der Waals surface area (Å²) in [4.78, 5) is 31.8. The summed E-state index contributed by atoms with van der Waals surface area (Å²) < 4.78 is 5.09. The molecule has 3 aromatic rings. The minimum absolute atomic E-state index is 0.0286. The largest absolute Gasteiger partial charge is 0.459 e. The molecule has 1 aliphatic heterocycles. The van der Waals surface area contributed by atoms with Crippen molar-refractivity contribution < 1.29 is 14.0 Å². The normalized spacial score (nSPS) is 13.6. The molecular formula is C20H17N3O3S. The van der Waals surface area contributed by atoms with Gasteiger partial charge >= 0.3 is 0 Å². The van der Waals surface area contributed by atoms with Crippen LogP contribution in [0.3, 0.4) is 0 Å². The molecule has 0 saturated carbocycles. The molecule has 2 amide bonds. The third-order valence-corrected chi connectivity index (χ3v) is 5.22. The number of rotatable bonds is 4. The average molecular weight is 379 g/mol. The van der Waals surface area contributed by atoms with E-state index in [9.17, 15) is 9.59 Å². The number of nitrogens with zero attached hydrogens (tertiary/aromatic N) is 2. The van der Waals surface area contributed by atoms with E-state index in [0.717, 1.165) is 16.1 Å². The molecule has 2 aromatic heterocycles. The van der Waals surface area contributed by atoms with Crippen LogP contribution < -0.4 is 5.32 Å². The maximum Gasteiger partial charge on any atom is 0.293 e. The lowest BCUT2D eigenvalue weighted by Gasteiger charge is -2.24. The fourth-order valence-corrected chi connectivity index (χ4v) is 3.86. The maximum atomic E-state index is 12.5. The number of carbonyl (C=O) groups excluding carboxylic acids is 2. The fraction of sp³-hybridized carbons (Fsp3) is 0.150. The summed E-state index contributed by atoms with van der Waals surface area (Å²) in [7, 11) is 0. The fourth-order valence-electron chi connectivity index (χ4n) is 2.84. The van der Waals surface area contributed by atoms with Gasteiger partial charge in [0.2, 0.25) is 5.91 Å². The van der Waals surface area contributed by atoms with Crippen molar-refractivity contribution in [1.29, 1.82) is 0 Å². The van der Waals surface area contributed by atoms with E-state index in [1.807, 2.05) is 36.4 Å². The van der Waals surface area contributed by atoms with Gasteiger partial charge in [0.1, 0.15) is 0 Å². The number of furan rings is 1. The molecule has 4 rings (SSSR count). The minimum atomic E-state index is -0.329. The Kier molecular flexibility index (Phi) is 4.84. The Bertz CT molecular complexity index is 977. The van der Waals surface area contributed by atoms with Gasteiger partial charge in [0.15, 0.2) is 10.9 Å². The lowest BCUT2D eigenvalue weighted by Crippen LogP contribution is -2.34. The number of benzene rings is 1. The molecule has 6 nitrogen and oxygen atoms in total. The molecular weight excluding hydrogens is 362 g/mol. The van der Waals surface area contributed by atoms with Gasteiger partial charge in [-0.05, 0) is 23.8 Å². The van der Waals surface area contributed by atoms with Crippen LogP contribution >= 0.6 is 11.3 Å². The van der Waals surface area contributed by atoms with E-state index >= 15 is 0 Å². The van der Waals surface area contributed by atoms with Crippen molar-refractivity contribution in [2.24, 2.45) is 0 Å². The van der Waals surface area contributed by atoms with Crippen LogP contribution in [0.25, 0.3) is 6.08 Å². The van der Waals surface area contributed by atoms with Crippen LogP contribution in [0.1, 0.15) is 26.7 Å². The zero-order valence-electron chi connectivity index (χ0n) is 14.4. The first-order valence-corrected chi connectivity index (χ1v) is 9.36. The Balaban J connectivity index is 1.41. The van der Waals surface area contributed by atoms with Crippen molar-refractivity contribution in [1.82, 2.24) is 9.88 Å². The number of aromatic nitrogens is 1. The van der Waals surface area contributed by atoms with E-state index in [4.69, 9.17) is 4.42 Å². The molecule has 1 N–H and O–H groups in total. The summed E-state index contributed by atoms with van der Waals surface area (Å²) in [6.07, 6.45) is 5.54. The smallest absolute Gasteiger partial charge is 0.293 e. The van der Waals surface area contributed by atoms with Crippen LogP contribution in [0, 0.1) is 0 Å². The van der Waals surface area contributed by atoms with Gasteiger partial charge in [-0.3, -0.25) is 14.9 Å². The number of carbonyl (C=O) groups is 2. The summed E-state index contributed by atoms with van der Waals surface area (Å²) >= 11 is 1.39. The molecule has 0 bridgehead atoms. The van der Waals surface area contributed by atoms with Gasteiger partial charge in [-0.1, -0.05) is 41.7 Å². The Morgan fingerprint density at radius 2 is 2.04 bits per heavy atom. The number of anilines is 1. The number of nitrogens with one attached hydrogen (secondary N) is 1. The van der Waals surface area contributed by atoms with Gasteiger partial charge in [0, 0.05) is 23.9 Å². The van der Waals surface area contributed by atoms with Crippen molar-refractivity contribution in [3.8, 4) is 0 Å². The lowest BCUT2D eigenvalue weighted by molar-refractivity contribution is -0.126. The highest BCUT2D eigenvalue weighted by atomic mass is 32.1. The van der Waals surface area contributed by atoms with Crippen LogP contribution in [0.15, 0.2) is 59.2 Å². The van der Waals surface area contributed by atoms with Gasteiger partial charge in [0.05, 0.1) is 18.5 Å². The van der Waals surface area contributed by atoms with E-state index in [1.165, 1.54) is 17.6 Å². The number of thiazole rings is 1. The first kappa shape index (κ1) is 17.2. The van der Waals surface area contributed by atoms with Crippen LogP contribution in [0.2, 0.25) is 0 Å². The van der Waals surface area contributed by atoms with E-state index in [1.54, 1.807) is 23.1 Å². The molecule has 0 unspecified atom stereocenters. The third-order valence-electron chi connectivity index (χ3n) is 4.23. The number of hydrogen-bond donors (Lipinski definition) is 1. The summed E-state index contributed by atoms with van der Waals surface area (Å²) in [5.41, 5.74) is 1.93. The van der Waals surface area contributed by atoms with Crippen molar-refractivity contribution in [3.05, 3.63) is 76.7 Å². The molecule has 0 saturated heterocycles. The molecule has 0 radical (unpaired) electrons. The number of amides is 2. The third kappa shape index (κ3) is 3.98. The Labute approximate surface area is 160 Å². The van der Waals surface area contributed by atoms with Gasteiger partial charge in [-0.2, -0.15) is 0 Å². The SMILES string of the molecule is O=C(Nc1nc2c(s1)CN(C(=O)/C=C/c1ccccc1)CC2)c1ccco1. The average Bonchev–Trinajstić information content (AvgIpc) is 3.35. The zero-order valence-corrected chi connectivity index (χ0v) is 15.2. The highest BCUT2D eigenvalue weighted by Crippen LogP contribution is 2.28. The number of hydrogen-bond acceptors (Lipinski definition) is 5. The van der Waals surface area contributed by atoms with Crippen molar-refractivity contribution >= 4 is 34.4 Å². The van der Waals surface area contributed by atoms with Gasteiger partial charge in [-0.25, -0.2) is 4.98 Å². The first-order chi connectivity index (χ1) is 13.2. The van der Waals surface area contributed by atoms with E-state index in [0.29, 0.717) is 24.6 Å². The van der Waals surface area contributed by atoms with E-state index in [2.05, 4.69) is 10.3 Å². The Hall–Kier alpha value is -3.19. The first-order valence-electron chi connectivity index (χ1n) is 8.54. The summed E-state index contributed by atoms with van der Waals surface area (Å²) in [5, 5.41) is 3.27. The number of fused-ring (bicyclic) bond motifs is 1. The predicted octanol–water partition coefficient (Wildman–Crippen LogP) is 3.59. The highest BCUT2D eigenvalue weighted by Gasteiger charge is 2.24. The summed E-state index contributed by atoms with van der Waals surface area (Å²) in [6.45, 7) is 1.11. The second-order valence-corrected chi connectivity index (χ2v) is 7.16. The Morgan fingerprint density at radius 3 is 2.81 bits per heavy atom. The van der Waals surface area contributed by atoms with E-state index in [-0.39, 0.29) is 17.6 Å². The van der Waals surface area contributed by atoms with Gasteiger partial charge < -0.3 is 9.32 Å². The molecule has 1 aromatic carbocycles. The Morgan fingerprint density at radius 1 is 1.19 bits per heavy atom. The topological polar surface area (TPSA) is 75.4 Å². The highest BCUT2D eigenvalue weighted by molar-refractivity contribution is 7.15. The van der Waals surface area contributed by atoms with Crippen molar-refractivity contribution in [2.75, 3.05) is 11.9 Å². The van der Waals surface area contributed by atoms with Crippen LogP contribution in [0.4, 0.5) is 5.13 Å². The monoisotopic (exact) mass is 379 g/mol. The van der Waals surface area contributed by atoms with Gasteiger partial charge in [-0.15, -0.1) is 0 Å². The maximum absolute atomic E-state index is 12.5. The predicted molar refractivity (Wildman–Crippen MR) is 103 cm³/mol. The molecule has 136 valence electrons. The summed E-state index contributed by atoms with van der Waals surface area (Å²) in [5.74, 6) is -0.116. The molecule has 1 aliphatic rings. The van der Waals surface area contributed by atoms with Crippen molar-refractivity contribution in [3.63, 3.8) is 0 Å². The van der Waals surface area contributed by atoms with Crippen LogP contribution in [0.5, 0.6) is 0 Å². The minimum Gasteiger partial charge on any atom is -0.459 e. The van der Waals surface area contributed by atoms with E-state index < -0.39 is 0 Å². The quantitative estimate of drug-likeness (QED) is 0.703. The molecule has 27 heavy (non-hydrogen) atoms. The van der Waals surface area contributed by atoms with Crippen molar-refractivity contribution in [2.45, 2.75) is 13.0 Å².